The Balaban J connectivity index is 0.00000182. The Morgan fingerprint density at radius 2 is 1.37 bits per heavy atom. The summed E-state index contributed by atoms with van der Waals surface area (Å²) < 4.78 is 0. The van der Waals surface area contributed by atoms with Crippen LogP contribution in [0.5, 0.6) is 0 Å². The highest BCUT2D eigenvalue weighted by Gasteiger charge is 2.12. The van der Waals surface area contributed by atoms with Gasteiger partial charge in [0.15, 0.2) is 0 Å². The van der Waals surface area contributed by atoms with E-state index >= 15 is 0 Å². The Kier molecular flexibility index (Phi) is 10.5. The Bertz CT molecular complexity index is 788. The molecule has 3 aromatic heterocycles. The van der Waals surface area contributed by atoms with Crippen molar-refractivity contribution >= 4 is 24.8 Å². The van der Waals surface area contributed by atoms with Crippen LogP contribution in [-0.4, -0.2) is 31.9 Å². The molecular weight excluding hydrogens is 383 g/mol. The zero-order valence-electron chi connectivity index (χ0n) is 15.0. The van der Waals surface area contributed by atoms with Crippen molar-refractivity contribution in [3.63, 3.8) is 0 Å². The van der Waals surface area contributed by atoms with Gasteiger partial charge in [-0.25, -0.2) is 0 Å². The van der Waals surface area contributed by atoms with Gasteiger partial charge in [-0.05, 0) is 55.2 Å². The van der Waals surface area contributed by atoms with Crippen LogP contribution in [0.15, 0.2) is 54.9 Å². The predicted molar refractivity (Wildman–Crippen MR) is 112 cm³/mol. The van der Waals surface area contributed by atoms with Gasteiger partial charge in [0.2, 0.25) is 0 Å². The number of rotatable bonds is 8. The fourth-order valence-corrected chi connectivity index (χ4v) is 2.76. The summed E-state index contributed by atoms with van der Waals surface area (Å²) >= 11 is 0. The molecule has 27 heavy (non-hydrogen) atoms. The van der Waals surface area contributed by atoms with E-state index in [1.165, 1.54) is 0 Å². The van der Waals surface area contributed by atoms with Gasteiger partial charge in [0.25, 0.3) is 0 Å². The third-order valence-electron chi connectivity index (χ3n) is 4.06. The first-order valence-electron chi connectivity index (χ1n) is 8.69. The quantitative estimate of drug-likeness (QED) is 0.555. The van der Waals surface area contributed by atoms with Gasteiger partial charge in [-0.3, -0.25) is 9.97 Å². The molecule has 0 spiro atoms. The van der Waals surface area contributed by atoms with Gasteiger partial charge in [0.1, 0.15) is 11.4 Å². The van der Waals surface area contributed by atoms with E-state index in [1.54, 1.807) is 12.4 Å². The van der Waals surface area contributed by atoms with E-state index in [2.05, 4.69) is 26.2 Å². The molecule has 3 heterocycles. The topological polar surface area (TPSA) is 71.8 Å². The number of aryl methyl sites for hydroxylation is 1. The first kappa shape index (κ1) is 23.0. The van der Waals surface area contributed by atoms with Crippen molar-refractivity contribution < 1.29 is 5.11 Å². The van der Waals surface area contributed by atoms with Crippen molar-refractivity contribution in [1.29, 1.82) is 0 Å². The predicted octanol–water partition coefficient (Wildman–Crippen LogP) is 4.54. The van der Waals surface area contributed by atoms with Gasteiger partial charge in [-0.15, -0.1) is 35.0 Å². The second-order valence-corrected chi connectivity index (χ2v) is 5.92. The molecule has 0 unspecified atom stereocenters. The summed E-state index contributed by atoms with van der Waals surface area (Å²) in [4.78, 5) is 8.79. The number of aliphatic hydroxyl groups is 1. The molecule has 3 aromatic rings. The maximum absolute atomic E-state index is 8.90. The van der Waals surface area contributed by atoms with Crippen molar-refractivity contribution in [3.8, 4) is 22.8 Å². The average Bonchev–Trinajstić information content (AvgIpc) is 2.69. The van der Waals surface area contributed by atoms with Crippen LogP contribution in [0.1, 0.15) is 31.2 Å². The minimum Gasteiger partial charge on any atom is -0.396 e. The van der Waals surface area contributed by atoms with Crippen LogP contribution >= 0.6 is 24.8 Å². The molecule has 5 nitrogen and oxygen atoms in total. The molecule has 0 aliphatic rings. The zero-order chi connectivity index (χ0) is 17.3. The lowest BCUT2D eigenvalue weighted by Crippen LogP contribution is -2.00. The van der Waals surface area contributed by atoms with Crippen LogP contribution in [0.2, 0.25) is 0 Å². The molecule has 0 amide bonds. The van der Waals surface area contributed by atoms with E-state index in [4.69, 9.17) is 5.11 Å². The lowest BCUT2D eigenvalue weighted by molar-refractivity contribution is 0.282. The first-order chi connectivity index (χ1) is 12.4. The van der Waals surface area contributed by atoms with Crippen molar-refractivity contribution in [2.45, 2.75) is 32.1 Å². The first-order valence-corrected chi connectivity index (χ1v) is 8.69. The minimum absolute atomic E-state index is 0. The molecule has 0 aliphatic carbocycles. The van der Waals surface area contributed by atoms with E-state index in [0.29, 0.717) is 0 Å². The number of hydrogen-bond acceptors (Lipinski definition) is 5. The van der Waals surface area contributed by atoms with Crippen LogP contribution in [0.3, 0.4) is 0 Å². The van der Waals surface area contributed by atoms with Crippen LogP contribution in [0.4, 0.5) is 0 Å². The molecule has 0 bridgehead atoms. The maximum Gasteiger partial charge on any atom is 0.115 e. The van der Waals surface area contributed by atoms with Crippen LogP contribution in [-0.2, 0) is 6.42 Å². The fraction of sp³-hybridized carbons (Fsp3) is 0.300. The molecule has 0 aromatic carbocycles. The summed E-state index contributed by atoms with van der Waals surface area (Å²) in [5.74, 6) is 0. The molecule has 0 aliphatic heterocycles. The highest BCUT2D eigenvalue weighted by Crippen LogP contribution is 2.24. The van der Waals surface area contributed by atoms with Gasteiger partial charge in [0, 0.05) is 19.0 Å². The normalized spacial score (nSPS) is 9.96. The van der Waals surface area contributed by atoms with E-state index in [-0.39, 0.29) is 31.4 Å². The van der Waals surface area contributed by atoms with Gasteiger partial charge < -0.3 is 5.11 Å². The largest absolute Gasteiger partial charge is 0.396 e. The average molecular weight is 407 g/mol. The number of pyridine rings is 2. The third-order valence-corrected chi connectivity index (χ3v) is 4.06. The third kappa shape index (κ3) is 6.54. The number of nitrogens with zero attached hydrogens (tertiary/aromatic N) is 4. The Labute approximate surface area is 172 Å². The number of hydrogen-bond donors (Lipinski definition) is 1. The summed E-state index contributed by atoms with van der Waals surface area (Å²) in [5, 5.41) is 17.7. The molecule has 144 valence electrons. The molecule has 0 atom stereocenters. The van der Waals surface area contributed by atoms with Crippen molar-refractivity contribution in [2.24, 2.45) is 0 Å². The van der Waals surface area contributed by atoms with Crippen LogP contribution in [0.25, 0.3) is 22.8 Å². The molecule has 0 saturated heterocycles. The van der Waals surface area contributed by atoms with Crippen molar-refractivity contribution in [3.05, 3.63) is 60.4 Å². The van der Waals surface area contributed by atoms with Crippen LogP contribution in [0, 0.1) is 0 Å². The smallest absolute Gasteiger partial charge is 0.115 e. The summed E-state index contributed by atoms with van der Waals surface area (Å²) in [7, 11) is 0. The second kappa shape index (κ2) is 12.3. The van der Waals surface area contributed by atoms with E-state index in [9.17, 15) is 0 Å². The molecule has 0 fully saturated rings. The Morgan fingerprint density at radius 1 is 0.704 bits per heavy atom. The SMILES string of the molecule is Cl.Cl.OCCCCCCc1cc(-c2ccccn2)nnc1-c1ccccn1. The molecule has 0 saturated carbocycles. The molecule has 0 radical (unpaired) electrons. The highest BCUT2D eigenvalue weighted by atomic mass is 35.5. The summed E-state index contributed by atoms with van der Waals surface area (Å²) in [6.45, 7) is 0.264. The Morgan fingerprint density at radius 3 is 2.00 bits per heavy atom. The highest BCUT2D eigenvalue weighted by molar-refractivity contribution is 5.85. The standard InChI is InChI=1S/C20H22N4O.2ClH/c25-14-8-2-1-3-9-16-15-19(17-10-4-6-12-21-17)23-24-20(16)18-11-5-7-13-22-18;;/h4-7,10-13,15,25H,1-3,8-9,14H2;2*1H. The van der Waals surface area contributed by atoms with E-state index in [0.717, 1.165) is 60.4 Å². The number of aromatic nitrogens is 4. The Hall–Kier alpha value is -2.08. The molecule has 3 rings (SSSR count). The van der Waals surface area contributed by atoms with E-state index < -0.39 is 0 Å². The second-order valence-electron chi connectivity index (χ2n) is 5.92. The summed E-state index contributed by atoms with van der Waals surface area (Å²) in [5.41, 5.74) is 4.42. The molecular formula is C20H24Cl2N4O. The van der Waals surface area contributed by atoms with Gasteiger partial charge in [0.05, 0.1) is 11.4 Å². The van der Waals surface area contributed by atoms with Gasteiger partial charge in [-0.2, -0.15) is 0 Å². The van der Waals surface area contributed by atoms with Crippen LogP contribution < -0.4 is 0 Å². The fourth-order valence-electron chi connectivity index (χ4n) is 2.76. The minimum atomic E-state index is 0. The summed E-state index contributed by atoms with van der Waals surface area (Å²) in [6.07, 6.45) is 8.48. The number of halogens is 2. The zero-order valence-corrected chi connectivity index (χ0v) is 16.6. The van der Waals surface area contributed by atoms with Gasteiger partial charge in [-0.1, -0.05) is 25.0 Å². The monoisotopic (exact) mass is 406 g/mol. The van der Waals surface area contributed by atoms with Crippen molar-refractivity contribution in [2.75, 3.05) is 6.61 Å². The van der Waals surface area contributed by atoms with Gasteiger partial charge >= 0.3 is 0 Å². The lowest BCUT2D eigenvalue weighted by atomic mass is 10.0. The number of aliphatic hydroxyl groups excluding tert-OH is 1. The van der Waals surface area contributed by atoms with E-state index in [1.807, 2.05) is 36.4 Å². The summed E-state index contributed by atoms with van der Waals surface area (Å²) in [6, 6.07) is 13.7. The molecule has 7 heteroatoms. The van der Waals surface area contributed by atoms with Crippen molar-refractivity contribution in [1.82, 2.24) is 20.2 Å². The molecule has 1 N–H and O–H groups in total. The maximum atomic E-state index is 8.90. The number of unbranched alkanes of at least 4 members (excludes halogenated alkanes) is 3. The lowest BCUT2D eigenvalue weighted by Gasteiger charge is -2.09.